The van der Waals surface area contributed by atoms with E-state index < -0.39 is 0 Å². The average Bonchev–Trinajstić information content (AvgIpc) is 3.33. The molecule has 2 aromatic carbocycles. The SMILES string of the molecule is O=C1SC[C@H](CCCc2nc[c-]o2)N1c1ccc(-c2ccccc2)cc1.[Y]. The van der Waals surface area contributed by atoms with E-state index in [4.69, 9.17) is 4.42 Å². The summed E-state index contributed by atoms with van der Waals surface area (Å²) in [5.74, 6) is 1.54. The molecule has 2 heterocycles. The molecule has 135 valence electrons. The van der Waals surface area contributed by atoms with Gasteiger partial charge in [0.1, 0.15) is 0 Å². The molecule has 1 aliphatic rings. The summed E-state index contributed by atoms with van der Waals surface area (Å²) in [6, 6.07) is 18.7. The number of carbonyl (C=O) groups excluding carboxylic acids is 1. The van der Waals surface area contributed by atoms with Gasteiger partial charge < -0.3 is 9.40 Å². The number of aryl methyl sites for hydroxylation is 1. The van der Waals surface area contributed by atoms with Crippen molar-refractivity contribution in [3.63, 3.8) is 0 Å². The number of rotatable bonds is 6. The summed E-state index contributed by atoms with van der Waals surface area (Å²) < 4.78 is 5.16. The minimum Gasteiger partial charge on any atom is -0.630 e. The maximum Gasteiger partial charge on any atom is 0.286 e. The monoisotopic (exact) mass is 452 g/mol. The number of oxazole rings is 1. The van der Waals surface area contributed by atoms with Crippen molar-refractivity contribution in [2.24, 2.45) is 0 Å². The molecule has 4 rings (SSSR count). The van der Waals surface area contributed by atoms with Gasteiger partial charge in [-0.15, -0.1) is 0 Å². The Bertz CT molecular complexity index is 854. The van der Waals surface area contributed by atoms with Gasteiger partial charge >= 0.3 is 0 Å². The topological polar surface area (TPSA) is 46.3 Å². The molecule has 4 nitrogen and oxygen atoms in total. The molecule has 0 saturated carbocycles. The Balaban J connectivity index is 0.00000210. The first-order chi connectivity index (χ1) is 12.8. The second-order valence-electron chi connectivity index (χ2n) is 6.28. The summed E-state index contributed by atoms with van der Waals surface area (Å²) in [5.41, 5.74) is 3.31. The first kappa shape index (κ1) is 20.3. The molecular formula is C21H19N2O2SY-. The van der Waals surface area contributed by atoms with Crippen LogP contribution in [-0.2, 0) is 39.1 Å². The summed E-state index contributed by atoms with van der Waals surface area (Å²) in [7, 11) is 0. The number of benzene rings is 2. The predicted molar refractivity (Wildman–Crippen MR) is 104 cm³/mol. The Kier molecular flexibility index (Phi) is 7.28. The van der Waals surface area contributed by atoms with Gasteiger partial charge in [0.15, 0.2) is 0 Å². The molecule has 1 aliphatic heterocycles. The Labute approximate surface area is 188 Å². The van der Waals surface area contributed by atoms with Crippen LogP contribution in [0.4, 0.5) is 10.5 Å². The van der Waals surface area contributed by atoms with Crippen molar-refractivity contribution in [1.82, 2.24) is 4.98 Å². The van der Waals surface area contributed by atoms with Gasteiger partial charge in [-0.1, -0.05) is 66.9 Å². The third kappa shape index (κ3) is 4.90. The van der Waals surface area contributed by atoms with Gasteiger partial charge in [-0.2, -0.15) is 0 Å². The van der Waals surface area contributed by atoms with E-state index in [0.717, 1.165) is 36.3 Å². The van der Waals surface area contributed by atoms with Crippen LogP contribution in [0, 0.1) is 6.26 Å². The van der Waals surface area contributed by atoms with Crippen molar-refractivity contribution in [2.45, 2.75) is 25.3 Å². The minimum atomic E-state index is 0. The van der Waals surface area contributed by atoms with Crippen molar-refractivity contribution < 1.29 is 41.9 Å². The standard InChI is InChI=1S/C21H19N2O2S.Y/c24-21-23(19(15-26-21)7-4-8-20-22-13-14-25-20)18-11-9-17(10-12-18)16-5-2-1-3-6-16;/h1-3,5-6,9-13,19H,4,7-8,15H2;/q-1;/t19-;/m0./s1. The van der Waals surface area contributed by atoms with Crippen LogP contribution in [0.1, 0.15) is 18.7 Å². The van der Waals surface area contributed by atoms with Gasteiger partial charge in [0.05, 0.1) is 0 Å². The molecule has 0 spiro atoms. The molecule has 1 saturated heterocycles. The predicted octanol–water partition coefficient (Wildman–Crippen LogP) is 5.20. The van der Waals surface area contributed by atoms with E-state index in [0.29, 0.717) is 5.89 Å². The average molecular weight is 452 g/mol. The fraction of sp³-hybridized carbons (Fsp3) is 0.238. The molecule has 0 aliphatic carbocycles. The van der Waals surface area contributed by atoms with Crippen molar-refractivity contribution in [2.75, 3.05) is 10.7 Å². The second-order valence-corrected chi connectivity index (χ2v) is 7.25. The van der Waals surface area contributed by atoms with Gasteiger partial charge in [-0.25, -0.2) is 0 Å². The summed E-state index contributed by atoms with van der Waals surface area (Å²) in [5, 5.41) is 0.131. The molecule has 1 amide bonds. The molecule has 6 heteroatoms. The van der Waals surface area contributed by atoms with Gasteiger partial charge in [-0.3, -0.25) is 9.69 Å². The third-order valence-corrected chi connectivity index (χ3v) is 5.57. The van der Waals surface area contributed by atoms with Crippen LogP contribution in [-0.4, -0.2) is 22.0 Å². The Morgan fingerprint density at radius 2 is 1.85 bits per heavy atom. The maximum atomic E-state index is 12.4. The number of amides is 1. The van der Waals surface area contributed by atoms with Crippen LogP contribution in [0.3, 0.4) is 0 Å². The van der Waals surface area contributed by atoms with Gasteiger partial charge in [0, 0.05) is 56.1 Å². The first-order valence-electron chi connectivity index (χ1n) is 8.73. The number of carbonyl (C=O) groups is 1. The molecule has 27 heavy (non-hydrogen) atoms. The van der Waals surface area contributed by atoms with Crippen LogP contribution in [0.15, 0.2) is 65.2 Å². The van der Waals surface area contributed by atoms with Crippen molar-refractivity contribution in [3.8, 4) is 11.1 Å². The van der Waals surface area contributed by atoms with Crippen molar-refractivity contribution >= 4 is 22.7 Å². The van der Waals surface area contributed by atoms with E-state index in [1.807, 2.05) is 35.2 Å². The van der Waals surface area contributed by atoms with Crippen molar-refractivity contribution in [3.05, 3.63) is 72.9 Å². The number of aromatic nitrogens is 1. The van der Waals surface area contributed by atoms with E-state index >= 15 is 0 Å². The molecule has 3 aromatic rings. The van der Waals surface area contributed by atoms with Crippen LogP contribution in [0.5, 0.6) is 0 Å². The summed E-state index contributed by atoms with van der Waals surface area (Å²) in [4.78, 5) is 18.4. The van der Waals surface area contributed by atoms with E-state index in [1.54, 1.807) is 6.20 Å². The normalized spacial score (nSPS) is 16.4. The maximum absolute atomic E-state index is 12.4. The van der Waals surface area contributed by atoms with E-state index in [-0.39, 0.29) is 44.0 Å². The molecule has 1 atom stereocenters. The van der Waals surface area contributed by atoms with Crippen LogP contribution >= 0.6 is 11.8 Å². The zero-order valence-electron chi connectivity index (χ0n) is 14.9. The fourth-order valence-electron chi connectivity index (χ4n) is 3.26. The minimum absolute atomic E-state index is 0. The zero-order valence-corrected chi connectivity index (χ0v) is 18.5. The summed E-state index contributed by atoms with van der Waals surface area (Å²) >= 11 is 1.40. The third-order valence-electron chi connectivity index (χ3n) is 4.58. The van der Waals surface area contributed by atoms with Crippen LogP contribution in [0.2, 0.25) is 0 Å². The molecular weight excluding hydrogens is 433 g/mol. The molecule has 1 fully saturated rings. The van der Waals surface area contributed by atoms with E-state index in [2.05, 4.69) is 35.5 Å². The largest absolute Gasteiger partial charge is 0.630 e. The number of anilines is 1. The number of hydrogen-bond acceptors (Lipinski definition) is 4. The Morgan fingerprint density at radius 3 is 2.56 bits per heavy atom. The molecule has 0 unspecified atom stereocenters. The Hall–Kier alpha value is -1.43. The van der Waals surface area contributed by atoms with Crippen LogP contribution < -0.4 is 4.90 Å². The van der Waals surface area contributed by atoms with E-state index in [9.17, 15) is 4.79 Å². The summed E-state index contributed by atoms with van der Waals surface area (Å²) in [6.45, 7) is 0. The smallest absolute Gasteiger partial charge is 0.286 e. The van der Waals surface area contributed by atoms with Gasteiger partial charge in [0.25, 0.3) is 5.24 Å². The van der Waals surface area contributed by atoms with Gasteiger partial charge in [-0.05, 0) is 42.3 Å². The molecule has 1 radical (unpaired) electrons. The zero-order chi connectivity index (χ0) is 17.8. The second kappa shape index (κ2) is 9.67. The number of thioether (sulfide) groups is 1. The molecule has 0 N–H and O–H groups in total. The number of hydrogen-bond donors (Lipinski definition) is 0. The summed E-state index contributed by atoms with van der Waals surface area (Å²) in [6.07, 6.45) is 6.81. The van der Waals surface area contributed by atoms with Crippen molar-refractivity contribution in [1.29, 1.82) is 0 Å². The first-order valence-corrected chi connectivity index (χ1v) is 9.72. The Morgan fingerprint density at radius 1 is 1.11 bits per heavy atom. The molecule has 1 aromatic heterocycles. The van der Waals surface area contributed by atoms with Crippen LogP contribution in [0.25, 0.3) is 11.1 Å². The molecule has 0 bridgehead atoms. The van der Waals surface area contributed by atoms with E-state index in [1.165, 1.54) is 17.3 Å². The van der Waals surface area contributed by atoms with Gasteiger partial charge in [0.2, 0.25) is 0 Å². The number of nitrogens with zero attached hydrogens (tertiary/aromatic N) is 2. The quantitative estimate of drug-likeness (QED) is 0.482. The fourth-order valence-corrected chi connectivity index (χ4v) is 4.30.